The maximum Gasteiger partial charge on any atom is 0.198 e. The van der Waals surface area contributed by atoms with Crippen molar-refractivity contribution < 1.29 is 39.2 Å². The molecule has 0 bridgehead atoms. The maximum absolute atomic E-state index is 13.6. The summed E-state index contributed by atoms with van der Waals surface area (Å²) in [6, 6.07) is 4.59. The number of rotatable bonds is 3. The summed E-state index contributed by atoms with van der Waals surface area (Å²) in [6.45, 7) is 6.75. The van der Waals surface area contributed by atoms with Crippen LogP contribution in [0.25, 0.3) is 0 Å². The molecular formula is C28H31NO8. The average molecular weight is 510 g/mol. The fraction of sp³-hybridized carbons (Fsp3) is 0.464. The molecule has 1 heterocycles. The van der Waals surface area contributed by atoms with Gasteiger partial charge < -0.3 is 30.5 Å². The number of carbonyl (C=O) groups excluding carboxylic acids is 3. The number of nitrogens with two attached hydrogens (primary N) is 1. The lowest BCUT2D eigenvalue weighted by Gasteiger charge is -2.42. The molecule has 4 unspecified atom stereocenters. The Hall–Kier alpha value is -3.11. The van der Waals surface area contributed by atoms with Crippen LogP contribution >= 0.6 is 0 Å². The number of ether oxygens (including phenoxy) is 2. The number of fused-ring (bicyclic) bond motifs is 3. The second-order valence-corrected chi connectivity index (χ2v) is 10.6. The monoisotopic (exact) mass is 509 g/mol. The first kappa shape index (κ1) is 25.5. The molecule has 9 nitrogen and oxygen atoms in total. The average Bonchev–Trinajstić information content (AvgIpc) is 2.82. The number of hydrogen-bond acceptors (Lipinski definition) is 9. The number of phenols is 2. The van der Waals surface area contributed by atoms with E-state index in [1.54, 1.807) is 19.1 Å². The molecule has 1 saturated heterocycles. The molecule has 2 aliphatic carbocycles. The van der Waals surface area contributed by atoms with Crippen LogP contribution in [0.1, 0.15) is 88.3 Å². The highest BCUT2D eigenvalue weighted by Crippen LogP contribution is 2.52. The zero-order chi connectivity index (χ0) is 27.0. The van der Waals surface area contributed by atoms with Crippen LogP contribution in [-0.4, -0.2) is 56.7 Å². The van der Waals surface area contributed by atoms with Gasteiger partial charge in [-0.15, -0.1) is 0 Å². The topological polar surface area (TPSA) is 156 Å². The van der Waals surface area contributed by atoms with E-state index in [1.165, 1.54) is 13.0 Å². The van der Waals surface area contributed by atoms with E-state index in [2.05, 4.69) is 0 Å². The first-order valence-electron chi connectivity index (χ1n) is 12.4. The van der Waals surface area contributed by atoms with Gasteiger partial charge in [-0.3, -0.25) is 14.4 Å². The van der Waals surface area contributed by atoms with Crippen LogP contribution in [0.15, 0.2) is 18.2 Å². The van der Waals surface area contributed by atoms with Gasteiger partial charge in [0.1, 0.15) is 17.1 Å². The first-order valence-corrected chi connectivity index (χ1v) is 12.4. The molecule has 3 aliphatic rings. The van der Waals surface area contributed by atoms with Crippen molar-refractivity contribution >= 4 is 17.3 Å². The molecular weight excluding hydrogens is 478 g/mol. The number of aromatic hydroxyl groups is 2. The van der Waals surface area contributed by atoms with Crippen LogP contribution in [0, 0.1) is 12.8 Å². The Morgan fingerprint density at radius 3 is 2.43 bits per heavy atom. The van der Waals surface area contributed by atoms with Gasteiger partial charge in [-0.1, -0.05) is 25.1 Å². The van der Waals surface area contributed by atoms with Crippen molar-refractivity contribution in [2.24, 2.45) is 11.7 Å². The van der Waals surface area contributed by atoms with Crippen LogP contribution in [-0.2, 0) is 20.7 Å². The Kier molecular flexibility index (Phi) is 6.03. The highest BCUT2D eigenvalue weighted by atomic mass is 16.7. The molecule has 37 heavy (non-hydrogen) atoms. The van der Waals surface area contributed by atoms with Gasteiger partial charge >= 0.3 is 0 Å². The first-order chi connectivity index (χ1) is 17.4. The number of ketones is 3. The lowest BCUT2D eigenvalue weighted by atomic mass is 9.71. The summed E-state index contributed by atoms with van der Waals surface area (Å²) >= 11 is 0. The van der Waals surface area contributed by atoms with Crippen molar-refractivity contribution in [2.75, 3.05) is 0 Å². The molecule has 196 valence electrons. The highest BCUT2D eigenvalue weighted by molar-refractivity contribution is 6.31. The van der Waals surface area contributed by atoms with E-state index in [-0.39, 0.29) is 64.3 Å². The molecule has 9 heteroatoms. The Morgan fingerprint density at radius 2 is 1.78 bits per heavy atom. The number of aryl methyl sites for hydroxylation is 1. The summed E-state index contributed by atoms with van der Waals surface area (Å²) in [5.74, 6) is -2.76. The van der Waals surface area contributed by atoms with Gasteiger partial charge in [-0.2, -0.15) is 0 Å². The van der Waals surface area contributed by atoms with E-state index < -0.39 is 46.8 Å². The van der Waals surface area contributed by atoms with E-state index in [9.17, 15) is 29.7 Å². The molecule has 0 spiro atoms. The summed E-state index contributed by atoms with van der Waals surface area (Å²) in [5.41, 5.74) is 4.56. The quantitative estimate of drug-likeness (QED) is 0.390. The lowest BCUT2D eigenvalue weighted by Crippen LogP contribution is -2.49. The Labute approximate surface area is 214 Å². The normalized spacial score (nSPS) is 30.9. The van der Waals surface area contributed by atoms with E-state index in [1.807, 2.05) is 13.8 Å². The molecule has 0 aromatic heterocycles. The van der Waals surface area contributed by atoms with Gasteiger partial charge in [0.2, 0.25) is 0 Å². The van der Waals surface area contributed by atoms with Crippen LogP contribution in [0.4, 0.5) is 0 Å². The molecule has 6 atom stereocenters. The minimum atomic E-state index is -1.93. The van der Waals surface area contributed by atoms with E-state index >= 15 is 0 Å². The van der Waals surface area contributed by atoms with E-state index in [4.69, 9.17) is 15.2 Å². The second-order valence-electron chi connectivity index (χ2n) is 10.6. The maximum atomic E-state index is 13.6. The van der Waals surface area contributed by atoms with Gasteiger partial charge in [-0.25, -0.2) is 0 Å². The Bertz CT molecular complexity index is 1340. The predicted molar refractivity (Wildman–Crippen MR) is 132 cm³/mol. The third-order valence-corrected chi connectivity index (χ3v) is 8.32. The summed E-state index contributed by atoms with van der Waals surface area (Å²) in [4.78, 5) is 39.5. The summed E-state index contributed by atoms with van der Waals surface area (Å²) < 4.78 is 12.2. The van der Waals surface area contributed by atoms with Crippen molar-refractivity contribution in [3.63, 3.8) is 0 Å². The molecule has 5 N–H and O–H groups in total. The lowest BCUT2D eigenvalue weighted by molar-refractivity contribution is -0.236. The van der Waals surface area contributed by atoms with Crippen molar-refractivity contribution in [3.05, 3.63) is 57.1 Å². The van der Waals surface area contributed by atoms with E-state index in [0.29, 0.717) is 12.0 Å². The summed E-state index contributed by atoms with van der Waals surface area (Å²) in [6.07, 6.45) is -2.42. The van der Waals surface area contributed by atoms with Crippen LogP contribution in [0.3, 0.4) is 0 Å². The molecule has 2 aromatic rings. The van der Waals surface area contributed by atoms with Gasteiger partial charge in [0.15, 0.2) is 23.6 Å². The molecule has 0 saturated carbocycles. The minimum Gasteiger partial charge on any atom is -0.507 e. The SMILES string of the molecule is CC(=O)[C@]1(O)Cc2c(O)c3c(c(O)c2[C@@H](OC2CC(N)C(C)C(C)O2)C1)C(=O)c1c(C)cccc1C3=O. The van der Waals surface area contributed by atoms with Gasteiger partial charge in [0, 0.05) is 47.6 Å². The molecule has 1 fully saturated rings. The largest absolute Gasteiger partial charge is 0.507 e. The number of Topliss-reactive ketones (excluding diaryl/α,β-unsaturated/α-hetero) is 1. The Balaban J connectivity index is 1.68. The van der Waals surface area contributed by atoms with Gasteiger partial charge in [0.05, 0.1) is 23.3 Å². The zero-order valence-corrected chi connectivity index (χ0v) is 21.2. The fourth-order valence-corrected chi connectivity index (χ4v) is 5.81. The zero-order valence-electron chi connectivity index (χ0n) is 21.2. The molecule has 0 radical (unpaired) electrons. The minimum absolute atomic E-state index is 0.0102. The number of carbonyl (C=O) groups is 3. The summed E-state index contributed by atoms with van der Waals surface area (Å²) in [5, 5.41) is 34.0. The Morgan fingerprint density at radius 1 is 1.11 bits per heavy atom. The number of benzene rings is 2. The number of aliphatic hydroxyl groups is 1. The molecule has 1 aliphatic heterocycles. The van der Waals surface area contributed by atoms with Crippen molar-refractivity contribution in [3.8, 4) is 11.5 Å². The van der Waals surface area contributed by atoms with Crippen molar-refractivity contribution in [2.45, 2.75) is 77.1 Å². The van der Waals surface area contributed by atoms with Gasteiger partial charge in [-0.05, 0) is 32.3 Å². The van der Waals surface area contributed by atoms with Crippen LogP contribution in [0.2, 0.25) is 0 Å². The summed E-state index contributed by atoms with van der Waals surface area (Å²) in [7, 11) is 0. The predicted octanol–water partition coefficient (Wildman–Crippen LogP) is 2.60. The highest BCUT2D eigenvalue weighted by Gasteiger charge is 2.49. The van der Waals surface area contributed by atoms with Crippen LogP contribution in [0.5, 0.6) is 11.5 Å². The third kappa shape index (κ3) is 3.80. The smallest absolute Gasteiger partial charge is 0.198 e. The number of phenolic OH excluding ortho intramolecular Hbond substituents is 2. The third-order valence-electron chi connectivity index (χ3n) is 8.32. The fourth-order valence-electron chi connectivity index (χ4n) is 5.81. The number of hydrogen-bond donors (Lipinski definition) is 4. The van der Waals surface area contributed by atoms with E-state index in [0.717, 1.165) is 0 Å². The molecule has 0 amide bonds. The van der Waals surface area contributed by atoms with Gasteiger partial charge in [0.25, 0.3) is 0 Å². The van der Waals surface area contributed by atoms with Crippen molar-refractivity contribution in [1.29, 1.82) is 0 Å². The molecule has 5 rings (SSSR count). The van der Waals surface area contributed by atoms with Crippen LogP contribution < -0.4 is 5.73 Å². The molecule has 2 aromatic carbocycles. The standard InChI is InChI=1S/C28H31NO8/c1-11-6-5-7-15-20(11)26(33)23-22(24(15)31)25(32)16-9-28(35,14(4)30)10-18(21(16)27(23)34)37-19-8-17(29)12(2)13(3)36-19/h5-7,12-13,17-19,32,34-35H,8-10,29H2,1-4H3/t12?,13?,17?,18-,19?,28-/m0/s1. The van der Waals surface area contributed by atoms with Crippen molar-refractivity contribution in [1.82, 2.24) is 0 Å². The second kappa shape index (κ2) is 8.73.